The molecule has 1 N–H and O–H groups in total. The molecule has 1 aliphatic heterocycles. The zero-order valence-electron chi connectivity index (χ0n) is 19.2. The van der Waals surface area contributed by atoms with Gasteiger partial charge in [-0.25, -0.2) is 0 Å². The maximum Gasteiger partial charge on any atom is 1.00 e. The number of rotatable bonds is 8. The second-order valence-corrected chi connectivity index (χ2v) is 8.79. The maximum absolute atomic E-state index is 12.4. The van der Waals surface area contributed by atoms with E-state index >= 15 is 0 Å². The Hall–Kier alpha value is -2.22. The van der Waals surface area contributed by atoms with Crippen molar-refractivity contribution in [2.24, 2.45) is 0 Å². The molecule has 1 unspecified atom stereocenters. The average Bonchev–Trinajstić information content (AvgIpc) is 2.83. The monoisotopic (exact) mass is 521 g/mol. The number of carboxylic acids is 1. The fourth-order valence-electron chi connectivity index (χ4n) is 3.76. The van der Waals surface area contributed by atoms with Gasteiger partial charge >= 0.3 is 29.6 Å². The number of ether oxygens (including phenoxy) is 2. The van der Waals surface area contributed by atoms with Crippen molar-refractivity contribution >= 4 is 35.1 Å². The quantitative estimate of drug-likeness (QED) is 0.360. The number of hydrogen-bond donors (Lipinski definition) is 1. The van der Waals surface area contributed by atoms with Gasteiger partial charge < -0.3 is 24.7 Å². The molecule has 3 aromatic carbocycles. The van der Waals surface area contributed by atoms with Crippen LogP contribution in [-0.4, -0.2) is 25.0 Å². The Balaban J connectivity index is 0.00000342. The van der Waals surface area contributed by atoms with Crippen LogP contribution in [0.2, 0.25) is 10.0 Å². The number of hydrogen-bond acceptors (Lipinski definition) is 5. The molecule has 0 radical (unpaired) electrons. The molecule has 1 heterocycles. The molecule has 1 atom stereocenters. The van der Waals surface area contributed by atoms with Crippen molar-refractivity contribution in [2.75, 3.05) is 13.2 Å². The van der Waals surface area contributed by atoms with Crippen molar-refractivity contribution in [1.29, 1.82) is 0 Å². The van der Waals surface area contributed by atoms with E-state index in [2.05, 4.69) is 5.32 Å². The molecule has 3 aromatic rings. The van der Waals surface area contributed by atoms with Crippen molar-refractivity contribution < 1.29 is 53.7 Å². The van der Waals surface area contributed by atoms with E-state index in [1.165, 1.54) is 11.6 Å². The number of carbonyl (C=O) groups is 2. The summed E-state index contributed by atoms with van der Waals surface area (Å²) in [4.78, 5) is 23.8. The first-order chi connectivity index (χ1) is 16.4. The minimum Gasteiger partial charge on any atom is -0.549 e. The molecule has 1 amide bonds. The SMILES string of the molecule is O=C(NCCCc1ccc(Cl)cc1)c1ccc(Oc2cc3c(cc2Cl)C(C(=O)[O-])CCO3)cc1.[Na+]. The normalized spacial score (nSPS) is 14.2. The molecule has 0 bridgehead atoms. The molecule has 0 aliphatic carbocycles. The predicted molar refractivity (Wildman–Crippen MR) is 128 cm³/mol. The predicted octanol–water partition coefficient (Wildman–Crippen LogP) is 1.77. The summed E-state index contributed by atoms with van der Waals surface area (Å²) < 4.78 is 11.4. The summed E-state index contributed by atoms with van der Waals surface area (Å²) in [6.07, 6.45) is 1.99. The van der Waals surface area contributed by atoms with Crippen molar-refractivity contribution in [3.8, 4) is 17.2 Å². The summed E-state index contributed by atoms with van der Waals surface area (Å²) in [5.74, 6) is -0.870. The third-order valence-electron chi connectivity index (χ3n) is 5.57. The van der Waals surface area contributed by atoms with Gasteiger partial charge in [-0.2, -0.15) is 0 Å². The van der Waals surface area contributed by atoms with Crippen LogP contribution in [0.5, 0.6) is 17.2 Å². The number of aliphatic carboxylic acids is 1. The Kier molecular flexibility index (Phi) is 9.89. The molecule has 4 rings (SSSR count). The van der Waals surface area contributed by atoms with Crippen LogP contribution in [-0.2, 0) is 11.2 Å². The van der Waals surface area contributed by atoms with E-state index in [1.807, 2.05) is 24.3 Å². The molecule has 176 valence electrons. The van der Waals surface area contributed by atoms with E-state index in [1.54, 1.807) is 30.3 Å². The van der Waals surface area contributed by atoms with Gasteiger partial charge in [-0.15, -0.1) is 0 Å². The number of benzene rings is 3. The van der Waals surface area contributed by atoms with Gasteiger partial charge in [-0.1, -0.05) is 35.3 Å². The Morgan fingerprint density at radius 2 is 1.77 bits per heavy atom. The Bertz CT molecular complexity index is 1190. The molecule has 9 heteroatoms. The van der Waals surface area contributed by atoms with Crippen LogP contribution >= 0.6 is 23.2 Å². The molecular weight excluding hydrogens is 500 g/mol. The summed E-state index contributed by atoms with van der Waals surface area (Å²) in [6.45, 7) is 0.827. The second-order valence-electron chi connectivity index (χ2n) is 7.94. The average molecular weight is 522 g/mol. The molecule has 0 fully saturated rings. The van der Waals surface area contributed by atoms with E-state index < -0.39 is 11.9 Å². The summed E-state index contributed by atoms with van der Waals surface area (Å²) >= 11 is 12.2. The van der Waals surface area contributed by atoms with Crippen molar-refractivity contribution in [1.82, 2.24) is 5.32 Å². The summed E-state index contributed by atoms with van der Waals surface area (Å²) in [7, 11) is 0. The Labute approximate surface area is 235 Å². The maximum atomic E-state index is 12.4. The number of nitrogens with one attached hydrogen (secondary N) is 1. The van der Waals surface area contributed by atoms with Gasteiger partial charge in [0, 0.05) is 40.6 Å². The Morgan fingerprint density at radius 3 is 2.46 bits per heavy atom. The minimum absolute atomic E-state index is 0. The third-order valence-corrected chi connectivity index (χ3v) is 6.12. The number of carboxylic acid groups (broad SMARTS) is 1. The van der Waals surface area contributed by atoms with E-state index in [9.17, 15) is 14.7 Å². The number of halogens is 2. The van der Waals surface area contributed by atoms with Crippen molar-refractivity contribution in [3.63, 3.8) is 0 Å². The first-order valence-electron chi connectivity index (χ1n) is 10.9. The van der Waals surface area contributed by atoms with Crippen LogP contribution in [0.1, 0.15) is 40.2 Å². The third kappa shape index (κ3) is 7.15. The van der Waals surface area contributed by atoms with Crippen molar-refractivity contribution in [3.05, 3.63) is 87.4 Å². The largest absolute Gasteiger partial charge is 1.00 e. The van der Waals surface area contributed by atoms with Crippen LogP contribution in [0, 0.1) is 0 Å². The van der Waals surface area contributed by atoms with Gasteiger partial charge in [0.2, 0.25) is 0 Å². The molecular formula is C26H22Cl2NNaO5. The second kappa shape index (κ2) is 12.7. The number of fused-ring (bicyclic) bond motifs is 1. The van der Waals surface area contributed by atoms with Gasteiger partial charge in [-0.05, 0) is 67.3 Å². The molecule has 0 aromatic heterocycles. The van der Waals surface area contributed by atoms with Gasteiger partial charge in [0.1, 0.15) is 17.2 Å². The van der Waals surface area contributed by atoms with E-state index in [0.717, 1.165) is 12.8 Å². The zero-order chi connectivity index (χ0) is 24.1. The molecule has 0 saturated carbocycles. The Morgan fingerprint density at radius 1 is 1.06 bits per heavy atom. The van der Waals surface area contributed by atoms with Gasteiger partial charge in [0.25, 0.3) is 5.91 Å². The van der Waals surface area contributed by atoms with Crippen LogP contribution in [0.3, 0.4) is 0 Å². The van der Waals surface area contributed by atoms with Gasteiger partial charge in [-0.3, -0.25) is 4.79 Å². The molecule has 1 aliphatic rings. The van der Waals surface area contributed by atoms with Crippen LogP contribution in [0.25, 0.3) is 0 Å². The van der Waals surface area contributed by atoms with E-state index in [4.69, 9.17) is 32.7 Å². The topological polar surface area (TPSA) is 87.7 Å². The number of aryl methyl sites for hydroxylation is 1. The fourth-order valence-corrected chi connectivity index (χ4v) is 4.10. The van der Waals surface area contributed by atoms with Crippen LogP contribution in [0.15, 0.2) is 60.7 Å². The number of carbonyl (C=O) groups excluding carboxylic acids is 2. The smallest absolute Gasteiger partial charge is 0.549 e. The number of amides is 1. The standard InChI is InChI=1S/C26H23Cl2NO5.Na/c27-18-7-3-16(4-8-18)2-1-12-29-25(30)17-5-9-19(10-6-17)34-24-15-23-21(14-22(24)28)20(26(31)32)11-13-33-23;/h3-10,14-15,20H,1-2,11-13H2,(H,29,30)(H,31,32);/q;+1/p-1. The molecule has 0 saturated heterocycles. The fraction of sp³-hybridized carbons (Fsp3) is 0.231. The van der Waals surface area contributed by atoms with E-state index in [0.29, 0.717) is 46.4 Å². The summed E-state index contributed by atoms with van der Waals surface area (Å²) in [5, 5.41) is 15.2. The van der Waals surface area contributed by atoms with Gasteiger partial charge in [0.15, 0.2) is 0 Å². The van der Waals surface area contributed by atoms with E-state index in [-0.39, 0.29) is 47.1 Å². The summed E-state index contributed by atoms with van der Waals surface area (Å²) in [5.41, 5.74) is 2.16. The first-order valence-corrected chi connectivity index (χ1v) is 11.6. The summed E-state index contributed by atoms with van der Waals surface area (Å²) in [6, 6.07) is 17.5. The first kappa shape index (κ1) is 27.4. The molecule has 6 nitrogen and oxygen atoms in total. The molecule has 0 spiro atoms. The minimum atomic E-state index is -1.16. The molecule has 35 heavy (non-hydrogen) atoms. The zero-order valence-corrected chi connectivity index (χ0v) is 22.7. The van der Waals surface area contributed by atoms with Crippen LogP contribution in [0.4, 0.5) is 0 Å². The van der Waals surface area contributed by atoms with Crippen molar-refractivity contribution in [2.45, 2.75) is 25.2 Å². The van der Waals surface area contributed by atoms with Gasteiger partial charge in [0.05, 0.1) is 11.6 Å². The van der Waals surface area contributed by atoms with Crippen LogP contribution < -0.4 is 49.5 Å².